The highest BCUT2D eigenvalue weighted by Crippen LogP contribution is 2.37. The number of pyridine rings is 1. The van der Waals surface area contributed by atoms with Crippen LogP contribution in [0.15, 0.2) is 48.8 Å². The molecule has 36 heavy (non-hydrogen) atoms. The van der Waals surface area contributed by atoms with Gasteiger partial charge in [-0.3, -0.25) is 9.59 Å². The molecule has 0 bridgehead atoms. The van der Waals surface area contributed by atoms with Gasteiger partial charge in [0, 0.05) is 51.5 Å². The van der Waals surface area contributed by atoms with Gasteiger partial charge in [0.2, 0.25) is 0 Å². The molecule has 0 aliphatic carbocycles. The van der Waals surface area contributed by atoms with Crippen LogP contribution in [0.2, 0.25) is 5.02 Å². The number of fused-ring (bicyclic) bond motifs is 2. The minimum absolute atomic E-state index is 0.0434. The summed E-state index contributed by atoms with van der Waals surface area (Å²) in [5.41, 5.74) is 6.40. The molecule has 0 saturated heterocycles. The Kier molecular flexibility index (Phi) is 5.90. The summed E-state index contributed by atoms with van der Waals surface area (Å²) in [6, 6.07) is 5.93. The first-order valence-corrected chi connectivity index (χ1v) is 11.1. The fraction of sp³-hybridized carbons (Fsp3) is 0.115. The number of halogens is 4. The summed E-state index contributed by atoms with van der Waals surface area (Å²) in [7, 11) is 0. The highest BCUT2D eigenvalue weighted by atomic mass is 35.5. The molecule has 3 N–H and O–H groups in total. The van der Waals surface area contributed by atoms with E-state index in [1.54, 1.807) is 12.3 Å². The van der Waals surface area contributed by atoms with Gasteiger partial charge in [-0.1, -0.05) is 23.4 Å². The molecule has 2 aromatic heterocycles. The molecule has 0 saturated carbocycles. The van der Waals surface area contributed by atoms with Gasteiger partial charge in [-0.2, -0.15) is 0 Å². The number of hydrogen-bond acceptors (Lipinski definition) is 3. The Morgan fingerprint density at radius 1 is 1.19 bits per heavy atom. The van der Waals surface area contributed by atoms with Gasteiger partial charge in [-0.25, -0.2) is 18.2 Å². The van der Waals surface area contributed by atoms with Crippen molar-refractivity contribution in [3.05, 3.63) is 99.1 Å². The molecule has 6 nitrogen and oxygen atoms in total. The van der Waals surface area contributed by atoms with Gasteiger partial charge in [0.15, 0.2) is 0 Å². The maximum Gasteiger partial charge on any atom is 0.255 e. The van der Waals surface area contributed by atoms with E-state index in [1.807, 2.05) is 0 Å². The first-order chi connectivity index (χ1) is 17.2. The van der Waals surface area contributed by atoms with Gasteiger partial charge in [0.05, 0.1) is 18.2 Å². The van der Waals surface area contributed by atoms with E-state index < -0.39 is 35.3 Å². The van der Waals surface area contributed by atoms with E-state index in [2.05, 4.69) is 21.8 Å². The van der Waals surface area contributed by atoms with E-state index in [9.17, 15) is 22.8 Å². The number of carbonyl (C=O) groups is 2. The van der Waals surface area contributed by atoms with Crippen LogP contribution in [0.25, 0.3) is 11.0 Å². The monoisotopic (exact) mass is 508 g/mol. The number of aromatic nitrogens is 2. The molecule has 10 heteroatoms. The van der Waals surface area contributed by atoms with Crippen LogP contribution in [0, 0.1) is 29.3 Å². The van der Waals surface area contributed by atoms with Gasteiger partial charge >= 0.3 is 0 Å². The standard InChI is InChI=1S/C26H16ClF3N4O2/c27-13-8-17-20(22(30)9-13)12-34(26(17)36)23(18-10-14(28)4-5-21(18)29)3-1-2-15-16-6-7-32-25(16)33-11-19(15)24(31)35/h4-11,23H,3,12H2,(H2,31,35)(H,32,33). The van der Waals surface area contributed by atoms with Crippen LogP contribution in [-0.2, 0) is 6.54 Å². The van der Waals surface area contributed by atoms with Crippen molar-refractivity contribution < 1.29 is 22.8 Å². The molecule has 180 valence electrons. The molecule has 3 heterocycles. The normalized spacial score (nSPS) is 13.4. The zero-order valence-corrected chi connectivity index (χ0v) is 19.2. The number of primary amides is 1. The van der Waals surface area contributed by atoms with Crippen molar-refractivity contribution in [1.29, 1.82) is 0 Å². The molecular formula is C26H16ClF3N4O2. The summed E-state index contributed by atoms with van der Waals surface area (Å²) in [6.45, 7) is -0.177. The number of nitrogens with zero attached hydrogens (tertiary/aromatic N) is 2. The largest absolute Gasteiger partial charge is 0.366 e. The van der Waals surface area contributed by atoms with Crippen molar-refractivity contribution in [2.24, 2.45) is 5.73 Å². The van der Waals surface area contributed by atoms with Crippen molar-refractivity contribution in [1.82, 2.24) is 14.9 Å². The van der Waals surface area contributed by atoms with E-state index in [-0.39, 0.29) is 40.2 Å². The van der Waals surface area contributed by atoms with Crippen LogP contribution in [0.1, 0.15) is 49.9 Å². The second kappa shape index (κ2) is 9.06. The lowest BCUT2D eigenvalue weighted by atomic mass is 10.00. The zero-order valence-electron chi connectivity index (χ0n) is 18.4. The molecule has 1 aliphatic heterocycles. The number of aromatic amines is 1. The lowest BCUT2D eigenvalue weighted by Crippen LogP contribution is -2.29. The highest BCUT2D eigenvalue weighted by Gasteiger charge is 2.36. The molecule has 0 fully saturated rings. The topological polar surface area (TPSA) is 92.1 Å². The fourth-order valence-corrected chi connectivity index (χ4v) is 4.53. The zero-order chi connectivity index (χ0) is 25.6. The van der Waals surface area contributed by atoms with E-state index >= 15 is 0 Å². The second-order valence-corrected chi connectivity index (χ2v) is 8.62. The molecule has 1 unspecified atom stereocenters. The van der Waals surface area contributed by atoms with E-state index in [4.69, 9.17) is 17.3 Å². The number of amides is 2. The van der Waals surface area contributed by atoms with Crippen molar-refractivity contribution >= 4 is 34.4 Å². The molecule has 1 atom stereocenters. The Morgan fingerprint density at radius 2 is 2.00 bits per heavy atom. The second-order valence-electron chi connectivity index (χ2n) is 8.19. The number of nitrogens with two attached hydrogens (primary N) is 1. The molecule has 1 aliphatic rings. The molecule has 0 radical (unpaired) electrons. The molecule has 5 rings (SSSR count). The number of nitrogens with one attached hydrogen (secondary N) is 1. The van der Waals surface area contributed by atoms with Crippen molar-refractivity contribution in [3.63, 3.8) is 0 Å². The molecular weight excluding hydrogens is 493 g/mol. The van der Waals surface area contributed by atoms with Gasteiger partial charge in [-0.15, -0.1) is 0 Å². The summed E-state index contributed by atoms with van der Waals surface area (Å²) in [6.07, 6.45) is 2.77. The molecule has 2 aromatic carbocycles. The fourth-order valence-electron chi connectivity index (χ4n) is 4.33. The Labute approximate surface area is 207 Å². The Balaban J connectivity index is 1.58. The predicted molar refractivity (Wildman–Crippen MR) is 126 cm³/mol. The number of benzene rings is 2. The van der Waals surface area contributed by atoms with Gasteiger partial charge in [0.25, 0.3) is 11.8 Å². The lowest BCUT2D eigenvalue weighted by molar-refractivity contribution is 0.0700. The summed E-state index contributed by atoms with van der Waals surface area (Å²) in [5.74, 6) is 2.30. The van der Waals surface area contributed by atoms with Crippen molar-refractivity contribution in [2.75, 3.05) is 0 Å². The third-order valence-electron chi connectivity index (χ3n) is 6.03. The third-order valence-corrected chi connectivity index (χ3v) is 6.25. The van der Waals surface area contributed by atoms with Gasteiger partial charge in [-0.05, 0) is 36.4 Å². The van der Waals surface area contributed by atoms with Crippen LogP contribution in [0.5, 0.6) is 0 Å². The van der Waals surface area contributed by atoms with E-state index in [0.29, 0.717) is 16.6 Å². The predicted octanol–water partition coefficient (Wildman–Crippen LogP) is 4.87. The smallest absolute Gasteiger partial charge is 0.255 e. The number of carbonyl (C=O) groups excluding carboxylic acids is 2. The Morgan fingerprint density at radius 3 is 2.78 bits per heavy atom. The summed E-state index contributed by atoms with van der Waals surface area (Å²) >= 11 is 5.93. The Hall–Kier alpha value is -4.29. The summed E-state index contributed by atoms with van der Waals surface area (Å²) in [5, 5.41) is 0.593. The quantitative estimate of drug-likeness (QED) is 0.385. The molecule has 2 amide bonds. The maximum absolute atomic E-state index is 14.8. The third kappa shape index (κ3) is 4.06. The summed E-state index contributed by atoms with van der Waals surface area (Å²) < 4.78 is 43.5. The van der Waals surface area contributed by atoms with Crippen molar-refractivity contribution in [2.45, 2.75) is 19.0 Å². The van der Waals surface area contributed by atoms with Crippen LogP contribution >= 0.6 is 11.6 Å². The lowest BCUT2D eigenvalue weighted by Gasteiger charge is -2.27. The van der Waals surface area contributed by atoms with Gasteiger partial charge in [0.1, 0.15) is 23.1 Å². The van der Waals surface area contributed by atoms with Crippen LogP contribution < -0.4 is 5.73 Å². The average molecular weight is 509 g/mol. The maximum atomic E-state index is 14.8. The average Bonchev–Trinajstić information content (AvgIpc) is 3.44. The number of rotatable bonds is 4. The Bertz CT molecular complexity index is 1620. The van der Waals surface area contributed by atoms with Gasteiger partial charge < -0.3 is 15.6 Å². The number of H-pyrrole nitrogens is 1. The van der Waals surface area contributed by atoms with E-state index in [1.165, 1.54) is 17.2 Å². The first kappa shape index (κ1) is 23.5. The van der Waals surface area contributed by atoms with Crippen LogP contribution in [-0.4, -0.2) is 26.7 Å². The SMILES string of the molecule is NC(=O)c1cnc2[nH]ccc2c1C#CCC(c1cc(F)ccc1F)N1Cc2c(F)cc(Cl)cc2C1=O. The number of hydrogen-bond donors (Lipinski definition) is 2. The minimum atomic E-state index is -1.06. The first-order valence-electron chi connectivity index (χ1n) is 10.7. The van der Waals surface area contributed by atoms with Crippen LogP contribution in [0.3, 0.4) is 0 Å². The van der Waals surface area contributed by atoms with Crippen molar-refractivity contribution in [3.8, 4) is 11.8 Å². The molecule has 0 spiro atoms. The van der Waals surface area contributed by atoms with Crippen LogP contribution in [0.4, 0.5) is 13.2 Å². The highest BCUT2D eigenvalue weighted by molar-refractivity contribution is 6.31. The minimum Gasteiger partial charge on any atom is -0.366 e. The summed E-state index contributed by atoms with van der Waals surface area (Å²) in [4.78, 5) is 33.4. The van der Waals surface area contributed by atoms with E-state index in [0.717, 1.165) is 24.3 Å². The molecule has 4 aromatic rings.